The maximum Gasteiger partial charge on any atom is 0.329 e. The minimum atomic E-state index is -0.318. The second-order valence-corrected chi connectivity index (χ2v) is 7.83. The summed E-state index contributed by atoms with van der Waals surface area (Å²) in [6.07, 6.45) is 2.91. The van der Waals surface area contributed by atoms with E-state index in [9.17, 15) is 14.7 Å². The summed E-state index contributed by atoms with van der Waals surface area (Å²) in [5.41, 5.74) is 4.26. The number of aryl methyl sites for hydroxylation is 1. The van der Waals surface area contributed by atoms with E-state index >= 15 is 0 Å². The third-order valence-electron chi connectivity index (χ3n) is 5.56. The zero-order chi connectivity index (χ0) is 24.4. The van der Waals surface area contributed by atoms with Gasteiger partial charge in [0.15, 0.2) is 0 Å². The highest BCUT2D eigenvalue weighted by Gasteiger charge is 2.30. The molecule has 0 bridgehead atoms. The number of phenols is 1. The first-order chi connectivity index (χ1) is 16.3. The van der Waals surface area contributed by atoms with Crippen molar-refractivity contribution in [2.24, 2.45) is 0 Å². The van der Waals surface area contributed by atoms with Gasteiger partial charge >= 0.3 is 6.03 Å². The van der Waals surface area contributed by atoms with Crippen LogP contribution in [-0.4, -0.2) is 36.2 Å². The number of carbonyl (C=O) groups excluding carboxylic acids is 2. The van der Waals surface area contributed by atoms with E-state index in [1.807, 2.05) is 19.1 Å². The van der Waals surface area contributed by atoms with Gasteiger partial charge in [-0.1, -0.05) is 18.7 Å². The number of nitrogens with zero attached hydrogens (tertiary/aromatic N) is 3. The van der Waals surface area contributed by atoms with Crippen molar-refractivity contribution in [3.8, 4) is 11.5 Å². The minimum absolute atomic E-state index is 0.00542. The molecule has 2 aromatic carbocycles. The van der Waals surface area contributed by atoms with Crippen LogP contribution < -0.4 is 25.2 Å². The first kappa shape index (κ1) is 22.7. The van der Waals surface area contributed by atoms with E-state index in [1.54, 1.807) is 36.3 Å². The molecule has 0 fully saturated rings. The van der Waals surface area contributed by atoms with Crippen LogP contribution in [0.2, 0.25) is 0 Å². The number of nitrogens with one attached hydrogen (secondary N) is 2. The molecule has 3 N–H and O–H groups in total. The summed E-state index contributed by atoms with van der Waals surface area (Å²) in [4.78, 5) is 32.6. The number of benzene rings is 2. The fraction of sp³-hybridized carbons (Fsp3) is 0.160. The number of para-hydroxylation sites is 1. The smallest absolute Gasteiger partial charge is 0.329 e. The van der Waals surface area contributed by atoms with Gasteiger partial charge in [0.25, 0.3) is 0 Å². The zero-order valence-electron chi connectivity index (χ0n) is 19.1. The van der Waals surface area contributed by atoms with E-state index in [0.717, 1.165) is 11.1 Å². The van der Waals surface area contributed by atoms with Crippen LogP contribution in [-0.2, 0) is 11.3 Å². The lowest BCUT2D eigenvalue weighted by Crippen LogP contribution is -2.45. The second kappa shape index (κ2) is 9.14. The molecule has 3 aromatic rings. The number of phenolic OH excluding ortho intramolecular Hbond substituents is 1. The molecule has 3 amide bonds. The molecular weight excluding hydrogens is 434 g/mol. The molecule has 174 valence electrons. The summed E-state index contributed by atoms with van der Waals surface area (Å²) in [6.45, 7) is 5.69. The summed E-state index contributed by atoms with van der Waals surface area (Å²) < 4.78 is 5.22. The third kappa shape index (κ3) is 4.36. The van der Waals surface area contributed by atoms with E-state index in [4.69, 9.17) is 4.74 Å². The van der Waals surface area contributed by atoms with Crippen LogP contribution >= 0.6 is 0 Å². The number of pyridine rings is 1. The number of urea groups is 1. The molecule has 0 saturated carbocycles. The largest absolute Gasteiger partial charge is 0.508 e. The minimum Gasteiger partial charge on any atom is -0.508 e. The molecule has 4 rings (SSSR count). The third-order valence-corrected chi connectivity index (χ3v) is 5.56. The van der Waals surface area contributed by atoms with Crippen molar-refractivity contribution in [3.63, 3.8) is 0 Å². The summed E-state index contributed by atoms with van der Waals surface area (Å²) >= 11 is 0. The van der Waals surface area contributed by atoms with Gasteiger partial charge in [-0.25, -0.2) is 9.78 Å². The first-order valence-corrected chi connectivity index (χ1v) is 10.5. The number of methoxy groups -OCH3 is 1. The lowest BCUT2D eigenvalue weighted by molar-refractivity contribution is -0.111. The molecule has 0 unspecified atom stereocenters. The average molecular weight is 460 g/mol. The Bertz CT molecular complexity index is 1290. The molecule has 34 heavy (non-hydrogen) atoms. The van der Waals surface area contributed by atoms with E-state index in [2.05, 4.69) is 22.2 Å². The van der Waals surface area contributed by atoms with Crippen LogP contribution in [0.15, 0.2) is 61.3 Å². The number of carbonyl (C=O) groups is 2. The van der Waals surface area contributed by atoms with Crippen molar-refractivity contribution < 1.29 is 19.4 Å². The first-order valence-electron chi connectivity index (χ1n) is 10.5. The average Bonchev–Trinajstić information content (AvgIpc) is 2.83. The van der Waals surface area contributed by atoms with Crippen LogP contribution in [0, 0.1) is 6.92 Å². The molecule has 0 spiro atoms. The van der Waals surface area contributed by atoms with Crippen molar-refractivity contribution in [1.29, 1.82) is 0 Å². The molecule has 1 aliphatic heterocycles. The van der Waals surface area contributed by atoms with Gasteiger partial charge in [0.2, 0.25) is 5.91 Å². The Morgan fingerprint density at radius 3 is 2.79 bits per heavy atom. The fourth-order valence-electron chi connectivity index (χ4n) is 3.79. The summed E-state index contributed by atoms with van der Waals surface area (Å²) in [5.74, 6) is 0.660. The number of rotatable bonds is 6. The quantitative estimate of drug-likeness (QED) is 0.467. The van der Waals surface area contributed by atoms with Crippen molar-refractivity contribution in [3.05, 3.63) is 72.4 Å². The van der Waals surface area contributed by atoms with Crippen LogP contribution in [0.5, 0.6) is 11.5 Å². The predicted octanol–water partition coefficient (Wildman–Crippen LogP) is 4.55. The van der Waals surface area contributed by atoms with Gasteiger partial charge in [-0.2, -0.15) is 0 Å². The highest BCUT2D eigenvalue weighted by Crippen LogP contribution is 2.36. The van der Waals surface area contributed by atoms with Gasteiger partial charge in [0.05, 0.1) is 36.4 Å². The molecular formula is C25H25N5O4. The van der Waals surface area contributed by atoms with Crippen molar-refractivity contribution in [2.45, 2.75) is 13.5 Å². The van der Waals surface area contributed by atoms with Gasteiger partial charge in [0.1, 0.15) is 17.3 Å². The van der Waals surface area contributed by atoms with Gasteiger partial charge < -0.3 is 20.5 Å². The summed E-state index contributed by atoms with van der Waals surface area (Å²) in [7, 11) is 3.18. The lowest BCUT2D eigenvalue weighted by atomic mass is 10.1. The normalized spacial score (nSPS) is 12.7. The number of hydrogen-bond donors (Lipinski definition) is 3. The number of amides is 3. The molecule has 1 aliphatic rings. The predicted molar refractivity (Wildman–Crippen MR) is 132 cm³/mol. The topological polar surface area (TPSA) is 107 Å². The van der Waals surface area contributed by atoms with Crippen LogP contribution in [0.25, 0.3) is 0 Å². The highest BCUT2D eigenvalue weighted by atomic mass is 16.5. The standard InChI is InChI=1S/C25H25N5O4/c1-5-23(32)27-20-8-6-7-15(2)24(20)28-22-12-21-16(13-26-22)14-30(25(33)29(21)3)17-9-18(31)11-19(10-17)34-4/h5-13,31H,1,14H2,2-4H3,(H,26,28)(H,27,32). The fourth-order valence-corrected chi connectivity index (χ4v) is 3.79. The Morgan fingerprint density at radius 1 is 1.26 bits per heavy atom. The monoisotopic (exact) mass is 459 g/mol. The van der Waals surface area contributed by atoms with Crippen molar-refractivity contribution >= 4 is 40.5 Å². The number of anilines is 5. The molecule has 9 heteroatoms. The van der Waals surface area contributed by atoms with E-state index in [-0.39, 0.29) is 24.2 Å². The number of aromatic hydroxyl groups is 1. The van der Waals surface area contributed by atoms with Gasteiger partial charge in [-0.3, -0.25) is 14.6 Å². The number of aromatic nitrogens is 1. The SMILES string of the molecule is C=CC(=O)Nc1cccc(C)c1Nc1cc2c(cn1)CN(c1cc(O)cc(OC)c1)C(=O)N2C. The number of hydrogen-bond acceptors (Lipinski definition) is 6. The zero-order valence-corrected chi connectivity index (χ0v) is 19.1. The van der Waals surface area contributed by atoms with Gasteiger partial charge in [-0.15, -0.1) is 0 Å². The van der Waals surface area contributed by atoms with Crippen LogP contribution in [0.3, 0.4) is 0 Å². The van der Waals surface area contributed by atoms with Gasteiger partial charge in [-0.05, 0) is 24.6 Å². The highest BCUT2D eigenvalue weighted by molar-refractivity contribution is 6.06. The maximum atomic E-state index is 13.2. The number of ether oxygens (including phenoxy) is 1. The van der Waals surface area contributed by atoms with Crippen molar-refractivity contribution in [2.75, 3.05) is 34.6 Å². The van der Waals surface area contributed by atoms with Crippen LogP contribution in [0.1, 0.15) is 11.1 Å². The second-order valence-electron chi connectivity index (χ2n) is 7.83. The Hall–Kier alpha value is -4.53. The van der Waals surface area contributed by atoms with E-state index in [0.29, 0.717) is 34.3 Å². The molecule has 0 atom stereocenters. The molecule has 2 heterocycles. The Balaban J connectivity index is 1.65. The van der Waals surface area contributed by atoms with E-state index in [1.165, 1.54) is 30.2 Å². The Morgan fingerprint density at radius 2 is 2.06 bits per heavy atom. The van der Waals surface area contributed by atoms with Crippen molar-refractivity contribution in [1.82, 2.24) is 4.98 Å². The number of fused-ring (bicyclic) bond motifs is 1. The molecule has 0 aliphatic carbocycles. The maximum absolute atomic E-state index is 13.2. The van der Waals surface area contributed by atoms with Crippen LogP contribution in [0.4, 0.5) is 33.4 Å². The molecule has 0 radical (unpaired) electrons. The molecule has 1 aromatic heterocycles. The Labute approximate surface area is 197 Å². The Kier molecular flexibility index (Phi) is 6.09. The summed E-state index contributed by atoms with van der Waals surface area (Å²) in [6, 6.07) is 11.8. The van der Waals surface area contributed by atoms with Gasteiger partial charge in [0, 0.05) is 43.1 Å². The summed E-state index contributed by atoms with van der Waals surface area (Å²) in [5, 5.41) is 16.1. The molecule has 0 saturated heterocycles. The van der Waals surface area contributed by atoms with E-state index < -0.39 is 0 Å². The lowest BCUT2D eigenvalue weighted by Gasteiger charge is -2.35. The molecule has 9 nitrogen and oxygen atoms in total.